The summed E-state index contributed by atoms with van der Waals surface area (Å²) in [7, 11) is 0. The van der Waals surface area contributed by atoms with Gasteiger partial charge in [-0.15, -0.1) is 0 Å². The molecule has 2 aromatic heterocycles. The maximum absolute atomic E-state index is 15.1. The monoisotopic (exact) mass is 503 g/mol. The zero-order valence-electron chi connectivity index (χ0n) is 20.7. The normalized spacial score (nSPS) is 19.8. The van der Waals surface area contributed by atoms with E-state index in [1.807, 2.05) is 38.1 Å². The molecule has 4 heterocycles. The standard InChI is InChI=1S/C28H27F2N5O2/c1-17-7-8-21(22(29)13-17)24-14-26-31-25(15-27(35(26)32-24)33-9-11-37-12-10-33)28(36)34-16-23(30)20-6-4-3-5-19(20)18(34)2/h3-8,13-15,18,23H,9-12,16H2,1-2H3. The molecule has 6 rings (SSSR count). The molecule has 0 radical (unpaired) electrons. The van der Waals surface area contributed by atoms with Crippen LogP contribution in [0.4, 0.5) is 14.6 Å². The Bertz CT molecular complexity index is 1500. The number of carbonyl (C=O) groups excluding carboxylic acids is 1. The smallest absolute Gasteiger partial charge is 0.273 e. The fourth-order valence-corrected chi connectivity index (χ4v) is 5.22. The number of halogens is 2. The van der Waals surface area contributed by atoms with Crippen LogP contribution in [0.5, 0.6) is 0 Å². The number of alkyl halides is 1. The van der Waals surface area contributed by atoms with Gasteiger partial charge in [-0.05, 0) is 42.7 Å². The van der Waals surface area contributed by atoms with E-state index < -0.39 is 6.17 Å². The van der Waals surface area contributed by atoms with Crippen LogP contribution in [0.25, 0.3) is 16.9 Å². The highest BCUT2D eigenvalue weighted by Crippen LogP contribution is 2.37. The van der Waals surface area contributed by atoms with Crippen LogP contribution < -0.4 is 4.90 Å². The summed E-state index contributed by atoms with van der Waals surface area (Å²) in [5.74, 6) is -0.0642. The van der Waals surface area contributed by atoms with Gasteiger partial charge in [0.2, 0.25) is 0 Å². The Kier molecular flexibility index (Phi) is 5.87. The second kappa shape index (κ2) is 9.23. The molecule has 37 heavy (non-hydrogen) atoms. The number of amides is 1. The van der Waals surface area contributed by atoms with Crippen molar-refractivity contribution in [1.82, 2.24) is 19.5 Å². The van der Waals surface area contributed by atoms with Crippen LogP contribution in [-0.4, -0.2) is 58.3 Å². The Morgan fingerprint density at radius 1 is 1.05 bits per heavy atom. The van der Waals surface area contributed by atoms with Crippen LogP contribution in [-0.2, 0) is 4.74 Å². The number of anilines is 1. The first-order valence-electron chi connectivity index (χ1n) is 12.4. The number of nitrogens with zero attached hydrogens (tertiary/aromatic N) is 5. The first-order valence-corrected chi connectivity index (χ1v) is 12.4. The fraction of sp³-hybridized carbons (Fsp3) is 0.321. The van der Waals surface area contributed by atoms with Gasteiger partial charge in [0.1, 0.15) is 23.5 Å². The van der Waals surface area contributed by atoms with E-state index in [2.05, 4.69) is 15.0 Å². The zero-order valence-corrected chi connectivity index (χ0v) is 20.7. The van der Waals surface area contributed by atoms with Crippen LogP contribution >= 0.6 is 0 Å². The van der Waals surface area contributed by atoms with Gasteiger partial charge in [-0.3, -0.25) is 4.79 Å². The molecule has 4 aromatic rings. The highest BCUT2D eigenvalue weighted by atomic mass is 19.1. The number of hydrogen-bond acceptors (Lipinski definition) is 5. The summed E-state index contributed by atoms with van der Waals surface area (Å²) in [4.78, 5) is 22.0. The summed E-state index contributed by atoms with van der Waals surface area (Å²) in [6.45, 7) is 5.99. The van der Waals surface area contributed by atoms with Crippen LogP contribution in [0.3, 0.4) is 0 Å². The maximum atomic E-state index is 15.1. The van der Waals surface area contributed by atoms with E-state index >= 15 is 4.39 Å². The molecule has 1 saturated heterocycles. The molecule has 2 aliphatic rings. The Morgan fingerprint density at radius 3 is 2.57 bits per heavy atom. The molecule has 7 nitrogen and oxygen atoms in total. The minimum atomic E-state index is -1.27. The number of benzene rings is 2. The summed E-state index contributed by atoms with van der Waals surface area (Å²) in [5.41, 5.74) is 3.63. The van der Waals surface area contributed by atoms with Crippen molar-refractivity contribution in [3.05, 3.63) is 82.8 Å². The molecular formula is C28H27F2N5O2. The van der Waals surface area contributed by atoms with Crippen molar-refractivity contribution in [3.63, 3.8) is 0 Å². The summed E-state index contributed by atoms with van der Waals surface area (Å²) >= 11 is 0. The SMILES string of the molecule is Cc1ccc(-c2cc3nc(C(=O)N4CC(F)c5ccccc5C4C)cc(N4CCOCC4)n3n2)c(F)c1. The number of carbonyl (C=O) groups is 1. The third-order valence-electron chi connectivity index (χ3n) is 7.23. The quantitative estimate of drug-likeness (QED) is 0.398. The lowest BCUT2D eigenvalue weighted by molar-refractivity contribution is 0.0585. The third kappa shape index (κ3) is 4.13. The molecule has 2 aromatic carbocycles. The van der Waals surface area contributed by atoms with Gasteiger partial charge in [0.05, 0.1) is 31.5 Å². The van der Waals surface area contributed by atoms with E-state index in [1.165, 1.54) is 11.0 Å². The molecule has 190 valence electrons. The molecule has 2 unspecified atom stereocenters. The summed E-state index contributed by atoms with van der Waals surface area (Å²) in [6.07, 6.45) is -1.27. The van der Waals surface area contributed by atoms with E-state index in [4.69, 9.17) is 4.74 Å². The summed E-state index contributed by atoms with van der Waals surface area (Å²) in [5, 5.41) is 4.67. The van der Waals surface area contributed by atoms with Crippen molar-refractivity contribution in [2.75, 3.05) is 37.7 Å². The zero-order chi connectivity index (χ0) is 25.7. The molecule has 0 N–H and O–H groups in total. The second-order valence-electron chi connectivity index (χ2n) is 9.61. The van der Waals surface area contributed by atoms with Crippen LogP contribution in [0.2, 0.25) is 0 Å². The minimum Gasteiger partial charge on any atom is -0.378 e. The largest absolute Gasteiger partial charge is 0.378 e. The first-order chi connectivity index (χ1) is 17.9. The fourth-order valence-electron chi connectivity index (χ4n) is 5.22. The molecule has 0 saturated carbocycles. The Labute approximate surface area is 213 Å². The van der Waals surface area contributed by atoms with Crippen molar-refractivity contribution in [2.45, 2.75) is 26.1 Å². The second-order valence-corrected chi connectivity index (χ2v) is 9.61. The lowest BCUT2D eigenvalue weighted by Gasteiger charge is -2.37. The van der Waals surface area contributed by atoms with Gasteiger partial charge in [0.15, 0.2) is 5.65 Å². The average molecular weight is 504 g/mol. The number of aryl methyl sites for hydroxylation is 1. The molecule has 9 heteroatoms. The molecule has 0 bridgehead atoms. The molecular weight excluding hydrogens is 476 g/mol. The van der Waals surface area contributed by atoms with Gasteiger partial charge >= 0.3 is 0 Å². The van der Waals surface area contributed by atoms with Gasteiger partial charge in [-0.1, -0.05) is 30.3 Å². The lowest BCUT2D eigenvalue weighted by Crippen LogP contribution is -2.41. The Hall–Kier alpha value is -3.85. The number of hydrogen-bond donors (Lipinski definition) is 0. The van der Waals surface area contributed by atoms with Gasteiger partial charge in [0, 0.05) is 30.8 Å². The van der Waals surface area contributed by atoms with Gasteiger partial charge in [-0.25, -0.2) is 13.8 Å². The predicted molar refractivity (Wildman–Crippen MR) is 136 cm³/mol. The van der Waals surface area contributed by atoms with E-state index in [0.29, 0.717) is 54.6 Å². The predicted octanol–water partition coefficient (Wildman–Crippen LogP) is 4.91. The van der Waals surface area contributed by atoms with Gasteiger partial charge < -0.3 is 14.5 Å². The van der Waals surface area contributed by atoms with Gasteiger partial charge in [-0.2, -0.15) is 9.61 Å². The van der Waals surface area contributed by atoms with E-state index in [1.54, 1.807) is 28.8 Å². The van der Waals surface area contributed by atoms with Crippen molar-refractivity contribution in [2.24, 2.45) is 0 Å². The van der Waals surface area contributed by atoms with Crippen molar-refractivity contribution in [1.29, 1.82) is 0 Å². The molecule has 2 atom stereocenters. The van der Waals surface area contributed by atoms with Gasteiger partial charge in [0.25, 0.3) is 5.91 Å². The van der Waals surface area contributed by atoms with Crippen molar-refractivity contribution < 1.29 is 18.3 Å². The van der Waals surface area contributed by atoms with Crippen LogP contribution in [0, 0.1) is 12.7 Å². The molecule has 0 aliphatic carbocycles. The summed E-state index contributed by atoms with van der Waals surface area (Å²) < 4.78 is 37.0. The lowest BCUT2D eigenvalue weighted by atomic mass is 9.92. The number of morpholine rings is 1. The van der Waals surface area contributed by atoms with Crippen molar-refractivity contribution in [3.8, 4) is 11.3 Å². The molecule has 1 fully saturated rings. The highest BCUT2D eigenvalue weighted by Gasteiger charge is 2.35. The average Bonchev–Trinajstić information content (AvgIpc) is 3.34. The molecule has 2 aliphatic heterocycles. The first kappa shape index (κ1) is 23.5. The number of aromatic nitrogens is 3. The number of fused-ring (bicyclic) bond motifs is 2. The number of rotatable bonds is 3. The summed E-state index contributed by atoms with van der Waals surface area (Å²) in [6, 6.07) is 15.4. The minimum absolute atomic E-state index is 0.0458. The molecule has 0 spiro atoms. The van der Waals surface area contributed by atoms with E-state index in [9.17, 15) is 9.18 Å². The van der Waals surface area contributed by atoms with Crippen LogP contribution in [0.15, 0.2) is 54.6 Å². The topological polar surface area (TPSA) is 63.0 Å². The maximum Gasteiger partial charge on any atom is 0.273 e. The number of ether oxygens (including phenoxy) is 1. The Morgan fingerprint density at radius 2 is 1.81 bits per heavy atom. The van der Waals surface area contributed by atoms with E-state index in [-0.39, 0.29) is 30.0 Å². The van der Waals surface area contributed by atoms with E-state index in [0.717, 1.165) is 11.1 Å². The highest BCUT2D eigenvalue weighted by molar-refractivity contribution is 5.94. The Balaban J connectivity index is 1.45. The van der Waals surface area contributed by atoms with Crippen molar-refractivity contribution >= 4 is 17.4 Å². The molecule has 1 amide bonds. The third-order valence-corrected chi connectivity index (χ3v) is 7.23. The van der Waals surface area contributed by atoms with Crippen LogP contribution in [0.1, 0.15) is 46.3 Å².